The van der Waals surface area contributed by atoms with Gasteiger partial charge in [-0.2, -0.15) is 5.26 Å². The van der Waals surface area contributed by atoms with Gasteiger partial charge in [0, 0.05) is 19.7 Å². The van der Waals surface area contributed by atoms with Crippen LogP contribution in [-0.2, 0) is 4.79 Å². The van der Waals surface area contributed by atoms with Crippen molar-refractivity contribution in [1.82, 2.24) is 4.98 Å². The Morgan fingerprint density at radius 1 is 1.42 bits per heavy atom. The molecule has 100 valence electrons. The minimum Gasteiger partial charge on any atom is -0.300 e. The first-order valence-corrected chi connectivity index (χ1v) is 6.83. The molecule has 0 aliphatic heterocycles. The maximum atomic E-state index is 12.2. The fraction of sp³-hybridized carbons (Fsp3) is 0.533. The van der Waals surface area contributed by atoms with Crippen molar-refractivity contribution in [2.45, 2.75) is 38.5 Å². The molecule has 1 aromatic heterocycles. The fourth-order valence-electron chi connectivity index (χ4n) is 2.55. The van der Waals surface area contributed by atoms with Crippen LogP contribution in [0.4, 0.5) is 5.82 Å². The van der Waals surface area contributed by atoms with Gasteiger partial charge in [-0.3, -0.25) is 9.69 Å². The molecule has 4 heteroatoms. The number of aromatic nitrogens is 1. The SMILES string of the molecule is CN(C(=O)CC1CCCCC1)c1ccc(C#N)cn1. The summed E-state index contributed by atoms with van der Waals surface area (Å²) >= 11 is 0. The van der Waals surface area contributed by atoms with Crippen LogP contribution in [0, 0.1) is 17.2 Å². The Kier molecular flexibility index (Phi) is 4.51. The summed E-state index contributed by atoms with van der Waals surface area (Å²) in [6.07, 6.45) is 8.24. The number of hydrogen-bond donors (Lipinski definition) is 0. The zero-order valence-electron chi connectivity index (χ0n) is 11.3. The van der Waals surface area contributed by atoms with Gasteiger partial charge in [0.15, 0.2) is 0 Å². The van der Waals surface area contributed by atoms with Crippen molar-refractivity contribution in [3.05, 3.63) is 23.9 Å². The quantitative estimate of drug-likeness (QED) is 0.836. The van der Waals surface area contributed by atoms with E-state index in [1.807, 2.05) is 6.07 Å². The highest BCUT2D eigenvalue weighted by Crippen LogP contribution is 2.27. The fourth-order valence-corrected chi connectivity index (χ4v) is 2.55. The highest BCUT2D eigenvalue weighted by molar-refractivity contribution is 5.91. The van der Waals surface area contributed by atoms with E-state index in [1.165, 1.54) is 38.3 Å². The van der Waals surface area contributed by atoms with Gasteiger partial charge in [-0.25, -0.2) is 4.98 Å². The summed E-state index contributed by atoms with van der Waals surface area (Å²) in [4.78, 5) is 17.9. The molecule has 1 aromatic rings. The normalized spacial score (nSPS) is 15.8. The van der Waals surface area contributed by atoms with E-state index >= 15 is 0 Å². The predicted molar refractivity (Wildman–Crippen MR) is 73.6 cm³/mol. The zero-order chi connectivity index (χ0) is 13.7. The number of carbonyl (C=O) groups excluding carboxylic acids is 1. The average Bonchev–Trinajstić information content (AvgIpc) is 2.47. The number of hydrogen-bond acceptors (Lipinski definition) is 3. The van der Waals surface area contributed by atoms with Crippen molar-refractivity contribution in [2.24, 2.45) is 5.92 Å². The van der Waals surface area contributed by atoms with Crippen LogP contribution in [0.5, 0.6) is 0 Å². The summed E-state index contributed by atoms with van der Waals surface area (Å²) in [7, 11) is 1.75. The lowest BCUT2D eigenvalue weighted by Gasteiger charge is -2.23. The minimum atomic E-state index is 0.115. The summed E-state index contributed by atoms with van der Waals surface area (Å²) < 4.78 is 0. The van der Waals surface area contributed by atoms with Gasteiger partial charge in [0.25, 0.3) is 0 Å². The van der Waals surface area contributed by atoms with Gasteiger partial charge in [-0.05, 0) is 30.9 Å². The summed E-state index contributed by atoms with van der Waals surface area (Å²) in [5.41, 5.74) is 0.511. The second-order valence-corrected chi connectivity index (χ2v) is 5.18. The second-order valence-electron chi connectivity index (χ2n) is 5.18. The van der Waals surface area contributed by atoms with E-state index in [0.29, 0.717) is 23.7 Å². The molecule has 1 saturated carbocycles. The van der Waals surface area contributed by atoms with Gasteiger partial charge in [0.1, 0.15) is 11.9 Å². The molecular weight excluding hydrogens is 238 g/mol. The molecule has 0 bridgehead atoms. The van der Waals surface area contributed by atoms with E-state index in [2.05, 4.69) is 4.98 Å². The Labute approximate surface area is 114 Å². The number of carbonyl (C=O) groups is 1. The number of nitriles is 1. The van der Waals surface area contributed by atoms with Crippen LogP contribution in [0.15, 0.2) is 18.3 Å². The van der Waals surface area contributed by atoms with E-state index in [1.54, 1.807) is 24.1 Å². The molecule has 0 aromatic carbocycles. The van der Waals surface area contributed by atoms with Crippen LogP contribution in [0.1, 0.15) is 44.1 Å². The number of rotatable bonds is 3. The van der Waals surface area contributed by atoms with Crippen molar-refractivity contribution < 1.29 is 4.79 Å². The first-order valence-electron chi connectivity index (χ1n) is 6.83. The molecule has 0 N–H and O–H groups in total. The Hall–Kier alpha value is -1.89. The van der Waals surface area contributed by atoms with Gasteiger partial charge < -0.3 is 0 Å². The standard InChI is InChI=1S/C15H19N3O/c1-18(14-8-7-13(10-16)11-17-14)15(19)9-12-5-3-2-4-6-12/h7-8,11-12H,2-6,9H2,1H3. The molecule has 2 rings (SSSR count). The van der Waals surface area contributed by atoms with Crippen molar-refractivity contribution in [1.29, 1.82) is 5.26 Å². The number of nitrogens with zero attached hydrogens (tertiary/aromatic N) is 3. The lowest BCUT2D eigenvalue weighted by molar-refractivity contribution is -0.119. The monoisotopic (exact) mass is 257 g/mol. The van der Waals surface area contributed by atoms with E-state index in [0.717, 1.165) is 0 Å². The average molecular weight is 257 g/mol. The van der Waals surface area contributed by atoms with Gasteiger partial charge in [0.05, 0.1) is 5.56 Å². The van der Waals surface area contributed by atoms with Crippen LogP contribution >= 0.6 is 0 Å². The van der Waals surface area contributed by atoms with Crippen LogP contribution in [0.2, 0.25) is 0 Å². The molecule has 0 atom stereocenters. The smallest absolute Gasteiger partial charge is 0.228 e. The highest BCUT2D eigenvalue weighted by atomic mass is 16.2. The lowest BCUT2D eigenvalue weighted by Crippen LogP contribution is -2.29. The molecule has 1 fully saturated rings. The van der Waals surface area contributed by atoms with Crippen LogP contribution < -0.4 is 4.90 Å². The Bertz CT molecular complexity index is 469. The van der Waals surface area contributed by atoms with Crippen molar-refractivity contribution in [2.75, 3.05) is 11.9 Å². The number of pyridine rings is 1. The molecule has 0 spiro atoms. The minimum absolute atomic E-state index is 0.115. The molecule has 1 aliphatic carbocycles. The third-order valence-electron chi connectivity index (χ3n) is 3.78. The second kappa shape index (κ2) is 6.33. The highest BCUT2D eigenvalue weighted by Gasteiger charge is 2.20. The Morgan fingerprint density at radius 3 is 2.74 bits per heavy atom. The maximum Gasteiger partial charge on any atom is 0.228 e. The predicted octanol–water partition coefficient (Wildman–Crippen LogP) is 2.89. The van der Waals surface area contributed by atoms with Crippen molar-refractivity contribution >= 4 is 11.7 Å². The largest absolute Gasteiger partial charge is 0.300 e. The Balaban J connectivity index is 1.95. The van der Waals surface area contributed by atoms with Crippen molar-refractivity contribution in [3.63, 3.8) is 0 Å². The summed E-state index contributed by atoms with van der Waals surface area (Å²) in [6.45, 7) is 0. The molecule has 19 heavy (non-hydrogen) atoms. The molecule has 0 saturated heterocycles. The summed E-state index contributed by atoms with van der Waals surface area (Å²) in [5, 5.41) is 8.72. The van der Waals surface area contributed by atoms with Gasteiger partial charge >= 0.3 is 0 Å². The molecule has 1 heterocycles. The summed E-state index contributed by atoms with van der Waals surface area (Å²) in [6, 6.07) is 5.43. The van der Waals surface area contributed by atoms with Crippen molar-refractivity contribution in [3.8, 4) is 6.07 Å². The van der Waals surface area contributed by atoms with E-state index in [-0.39, 0.29) is 5.91 Å². The van der Waals surface area contributed by atoms with Crippen LogP contribution in [0.25, 0.3) is 0 Å². The first-order chi connectivity index (χ1) is 9.20. The van der Waals surface area contributed by atoms with Gasteiger partial charge in [-0.15, -0.1) is 0 Å². The lowest BCUT2D eigenvalue weighted by atomic mass is 9.87. The molecule has 0 unspecified atom stereocenters. The molecule has 1 amide bonds. The van der Waals surface area contributed by atoms with Crippen LogP contribution in [-0.4, -0.2) is 17.9 Å². The topological polar surface area (TPSA) is 57.0 Å². The molecule has 4 nitrogen and oxygen atoms in total. The summed E-state index contributed by atoms with van der Waals surface area (Å²) in [5.74, 6) is 1.26. The van der Waals surface area contributed by atoms with Gasteiger partial charge in [0.2, 0.25) is 5.91 Å². The first kappa shape index (κ1) is 13.5. The van der Waals surface area contributed by atoms with Gasteiger partial charge in [-0.1, -0.05) is 19.3 Å². The third-order valence-corrected chi connectivity index (χ3v) is 3.78. The zero-order valence-corrected chi connectivity index (χ0v) is 11.3. The van der Waals surface area contributed by atoms with E-state index in [4.69, 9.17) is 5.26 Å². The molecule has 1 aliphatic rings. The molecule has 0 radical (unpaired) electrons. The molecular formula is C15H19N3O. The van der Waals surface area contributed by atoms with E-state index < -0.39 is 0 Å². The third kappa shape index (κ3) is 3.54. The van der Waals surface area contributed by atoms with Crippen LogP contribution in [0.3, 0.4) is 0 Å². The maximum absolute atomic E-state index is 12.2. The Morgan fingerprint density at radius 2 is 2.16 bits per heavy atom. The van der Waals surface area contributed by atoms with E-state index in [9.17, 15) is 4.79 Å². The number of anilines is 1. The number of amides is 1.